The third kappa shape index (κ3) is 2.35. The van der Waals surface area contributed by atoms with Gasteiger partial charge in [0.25, 0.3) is 5.91 Å². The number of aryl methyl sites for hydroxylation is 1. The monoisotopic (exact) mass is 320 g/mol. The molecule has 1 aliphatic rings. The van der Waals surface area contributed by atoms with Gasteiger partial charge in [0.1, 0.15) is 5.75 Å². The van der Waals surface area contributed by atoms with Crippen LogP contribution in [0.4, 0.5) is 5.69 Å². The molecule has 122 valence electrons. The van der Waals surface area contributed by atoms with Crippen molar-refractivity contribution in [2.75, 3.05) is 4.90 Å². The fourth-order valence-corrected chi connectivity index (χ4v) is 3.25. The van der Waals surface area contributed by atoms with Crippen LogP contribution in [0, 0.1) is 0 Å². The molecular formula is C20H20N2O2. The number of ether oxygens (including phenoxy) is 1. The Morgan fingerprint density at radius 2 is 1.92 bits per heavy atom. The maximum atomic E-state index is 12.9. The molecule has 0 atom stereocenters. The number of anilines is 1. The Morgan fingerprint density at radius 1 is 1.08 bits per heavy atom. The highest BCUT2D eigenvalue weighted by molar-refractivity contribution is 6.10. The highest BCUT2D eigenvalue weighted by Gasteiger charge is 2.29. The van der Waals surface area contributed by atoms with E-state index in [1.807, 2.05) is 56.3 Å². The van der Waals surface area contributed by atoms with E-state index in [0.29, 0.717) is 6.54 Å². The van der Waals surface area contributed by atoms with Crippen LogP contribution in [0.25, 0.3) is 10.9 Å². The number of fused-ring (bicyclic) bond motifs is 2. The first kappa shape index (κ1) is 14.8. The molecular weight excluding hydrogens is 300 g/mol. The van der Waals surface area contributed by atoms with E-state index in [0.717, 1.165) is 28.1 Å². The van der Waals surface area contributed by atoms with Crippen molar-refractivity contribution in [2.45, 2.75) is 26.5 Å². The maximum absolute atomic E-state index is 12.9. The van der Waals surface area contributed by atoms with Gasteiger partial charge in [-0.25, -0.2) is 0 Å². The van der Waals surface area contributed by atoms with Crippen LogP contribution in [0.1, 0.15) is 29.8 Å². The fraction of sp³-hybridized carbons (Fsp3) is 0.250. The average molecular weight is 320 g/mol. The van der Waals surface area contributed by atoms with Crippen molar-refractivity contribution in [1.82, 2.24) is 4.57 Å². The molecule has 1 aromatic heterocycles. The van der Waals surface area contributed by atoms with Crippen molar-refractivity contribution < 1.29 is 9.53 Å². The van der Waals surface area contributed by atoms with Crippen molar-refractivity contribution in [3.63, 3.8) is 0 Å². The van der Waals surface area contributed by atoms with Gasteiger partial charge in [-0.3, -0.25) is 4.79 Å². The molecule has 0 bridgehead atoms. The fourth-order valence-electron chi connectivity index (χ4n) is 3.25. The third-order valence-electron chi connectivity index (χ3n) is 4.44. The molecule has 0 N–H and O–H groups in total. The molecule has 1 aliphatic heterocycles. The molecule has 3 aromatic rings. The summed E-state index contributed by atoms with van der Waals surface area (Å²) in [6.07, 6.45) is 2.13. The summed E-state index contributed by atoms with van der Waals surface area (Å²) in [6.45, 7) is 4.57. The SMILES string of the molecule is CC(C)Oc1ccc2c(c1)C(=O)N(c1ccc3ccn(C)c3c1)C2. The second kappa shape index (κ2) is 5.41. The van der Waals surface area contributed by atoms with E-state index in [2.05, 4.69) is 22.8 Å². The highest BCUT2D eigenvalue weighted by atomic mass is 16.5. The smallest absolute Gasteiger partial charge is 0.259 e. The lowest BCUT2D eigenvalue weighted by molar-refractivity contribution is 0.0996. The molecule has 0 saturated carbocycles. The van der Waals surface area contributed by atoms with Gasteiger partial charge in [0.05, 0.1) is 12.6 Å². The number of benzene rings is 2. The Morgan fingerprint density at radius 3 is 2.71 bits per heavy atom. The summed E-state index contributed by atoms with van der Waals surface area (Å²) in [5.41, 5.74) is 3.83. The second-order valence-corrected chi connectivity index (χ2v) is 6.55. The van der Waals surface area contributed by atoms with Crippen LogP contribution >= 0.6 is 0 Å². The molecule has 0 radical (unpaired) electrons. The van der Waals surface area contributed by atoms with Gasteiger partial charge in [-0.15, -0.1) is 0 Å². The second-order valence-electron chi connectivity index (χ2n) is 6.55. The topological polar surface area (TPSA) is 34.5 Å². The van der Waals surface area contributed by atoms with Crippen LogP contribution in [0.3, 0.4) is 0 Å². The van der Waals surface area contributed by atoms with E-state index in [4.69, 9.17) is 4.74 Å². The normalized spacial score (nSPS) is 13.8. The molecule has 4 nitrogen and oxygen atoms in total. The van der Waals surface area contributed by atoms with E-state index in [1.54, 1.807) is 0 Å². The van der Waals surface area contributed by atoms with Crippen molar-refractivity contribution in [3.8, 4) is 5.75 Å². The molecule has 0 fully saturated rings. The molecule has 4 rings (SSSR count). The summed E-state index contributed by atoms with van der Waals surface area (Å²) >= 11 is 0. The standard InChI is InChI=1S/C20H20N2O2/c1-13(2)24-17-7-5-15-12-22(20(23)18(15)11-17)16-6-4-14-8-9-21(3)19(14)10-16/h4-11,13H,12H2,1-3H3. The highest BCUT2D eigenvalue weighted by Crippen LogP contribution is 2.32. The molecule has 24 heavy (non-hydrogen) atoms. The van der Waals surface area contributed by atoms with Crippen LogP contribution in [-0.4, -0.2) is 16.6 Å². The molecule has 1 amide bonds. The van der Waals surface area contributed by atoms with Crippen LogP contribution in [0.5, 0.6) is 5.75 Å². The van der Waals surface area contributed by atoms with E-state index in [1.165, 1.54) is 5.39 Å². The van der Waals surface area contributed by atoms with Crippen molar-refractivity contribution in [1.29, 1.82) is 0 Å². The number of aromatic nitrogens is 1. The Kier molecular flexibility index (Phi) is 3.34. The minimum Gasteiger partial charge on any atom is -0.491 e. The van der Waals surface area contributed by atoms with Gasteiger partial charge in [-0.05, 0) is 55.1 Å². The lowest BCUT2D eigenvalue weighted by atomic mass is 10.1. The van der Waals surface area contributed by atoms with Crippen LogP contribution < -0.4 is 9.64 Å². The third-order valence-corrected chi connectivity index (χ3v) is 4.44. The molecule has 0 aliphatic carbocycles. The zero-order valence-electron chi connectivity index (χ0n) is 14.1. The van der Waals surface area contributed by atoms with Crippen LogP contribution in [0.2, 0.25) is 0 Å². The largest absolute Gasteiger partial charge is 0.491 e. The lowest BCUT2D eigenvalue weighted by Crippen LogP contribution is -2.22. The van der Waals surface area contributed by atoms with Crippen molar-refractivity contribution in [2.24, 2.45) is 7.05 Å². The number of hydrogen-bond acceptors (Lipinski definition) is 2. The summed E-state index contributed by atoms with van der Waals surface area (Å²) in [7, 11) is 2.02. The zero-order valence-corrected chi connectivity index (χ0v) is 14.1. The average Bonchev–Trinajstić information content (AvgIpc) is 3.08. The first-order valence-corrected chi connectivity index (χ1v) is 8.19. The first-order chi connectivity index (χ1) is 11.5. The van der Waals surface area contributed by atoms with Crippen LogP contribution in [-0.2, 0) is 13.6 Å². The molecule has 0 spiro atoms. The van der Waals surface area contributed by atoms with E-state index < -0.39 is 0 Å². The van der Waals surface area contributed by atoms with Gasteiger partial charge in [-0.1, -0.05) is 12.1 Å². The van der Waals surface area contributed by atoms with Gasteiger partial charge in [0.15, 0.2) is 0 Å². The Balaban J connectivity index is 1.69. The van der Waals surface area contributed by atoms with Crippen molar-refractivity contribution >= 4 is 22.5 Å². The number of carbonyl (C=O) groups is 1. The number of carbonyl (C=O) groups excluding carboxylic acids is 1. The predicted octanol–water partition coefficient (Wildman–Crippen LogP) is 4.13. The number of rotatable bonds is 3. The molecule has 4 heteroatoms. The first-order valence-electron chi connectivity index (χ1n) is 8.19. The molecule has 2 aromatic carbocycles. The summed E-state index contributed by atoms with van der Waals surface area (Å²) in [5.74, 6) is 0.782. The number of nitrogens with zero attached hydrogens (tertiary/aromatic N) is 2. The number of amides is 1. The van der Waals surface area contributed by atoms with Gasteiger partial charge in [-0.2, -0.15) is 0 Å². The molecule has 0 unspecified atom stereocenters. The quantitative estimate of drug-likeness (QED) is 0.727. The Hall–Kier alpha value is -2.75. The van der Waals surface area contributed by atoms with Gasteiger partial charge in [0.2, 0.25) is 0 Å². The summed E-state index contributed by atoms with van der Waals surface area (Å²) in [6, 6.07) is 14.0. The summed E-state index contributed by atoms with van der Waals surface area (Å²) < 4.78 is 7.79. The molecule has 2 heterocycles. The van der Waals surface area contributed by atoms with E-state index >= 15 is 0 Å². The minimum atomic E-state index is 0.0350. The summed E-state index contributed by atoms with van der Waals surface area (Å²) in [5, 5.41) is 1.18. The lowest BCUT2D eigenvalue weighted by Gasteiger charge is -2.16. The summed E-state index contributed by atoms with van der Waals surface area (Å²) in [4.78, 5) is 14.7. The molecule has 0 saturated heterocycles. The Labute approximate surface area is 141 Å². The van der Waals surface area contributed by atoms with E-state index in [9.17, 15) is 4.79 Å². The maximum Gasteiger partial charge on any atom is 0.259 e. The minimum absolute atomic E-state index is 0.0350. The van der Waals surface area contributed by atoms with Gasteiger partial charge < -0.3 is 14.2 Å². The van der Waals surface area contributed by atoms with Crippen molar-refractivity contribution in [3.05, 3.63) is 59.8 Å². The predicted molar refractivity (Wildman–Crippen MR) is 95.6 cm³/mol. The Bertz CT molecular complexity index is 940. The van der Waals surface area contributed by atoms with Gasteiger partial charge in [0, 0.05) is 30.0 Å². The van der Waals surface area contributed by atoms with Crippen LogP contribution in [0.15, 0.2) is 48.7 Å². The number of hydrogen-bond donors (Lipinski definition) is 0. The van der Waals surface area contributed by atoms with E-state index in [-0.39, 0.29) is 12.0 Å². The van der Waals surface area contributed by atoms with Gasteiger partial charge >= 0.3 is 0 Å². The zero-order chi connectivity index (χ0) is 16.8.